The van der Waals surface area contributed by atoms with E-state index < -0.39 is 23.2 Å². The minimum atomic E-state index is -0.855. The smallest absolute Gasteiger partial charge is 0.256 e. The average Bonchev–Trinajstić information content (AvgIpc) is 2.70. The monoisotopic (exact) mass is 385 g/mol. The summed E-state index contributed by atoms with van der Waals surface area (Å²) >= 11 is 0. The Morgan fingerprint density at radius 3 is 2.36 bits per heavy atom. The molecule has 0 saturated carbocycles. The van der Waals surface area contributed by atoms with E-state index in [-0.39, 0.29) is 5.56 Å². The number of aromatic nitrogens is 1. The van der Waals surface area contributed by atoms with E-state index in [1.54, 1.807) is 18.2 Å². The van der Waals surface area contributed by atoms with Crippen LogP contribution >= 0.6 is 0 Å². The number of benzene rings is 2. The van der Waals surface area contributed by atoms with Crippen molar-refractivity contribution < 1.29 is 23.0 Å². The van der Waals surface area contributed by atoms with Crippen LogP contribution in [-0.2, 0) is 0 Å². The molecule has 0 unspecified atom stereocenters. The van der Waals surface area contributed by atoms with Gasteiger partial charge in [-0.25, -0.2) is 13.8 Å². The summed E-state index contributed by atoms with van der Waals surface area (Å²) in [6.45, 7) is 0. The van der Waals surface area contributed by atoms with Crippen molar-refractivity contribution >= 4 is 23.1 Å². The molecule has 0 aliphatic rings. The van der Waals surface area contributed by atoms with E-state index in [0.29, 0.717) is 23.0 Å². The fourth-order valence-corrected chi connectivity index (χ4v) is 2.50. The summed E-state index contributed by atoms with van der Waals surface area (Å²) < 4.78 is 37.9. The van der Waals surface area contributed by atoms with Gasteiger partial charge in [-0.05, 0) is 36.4 Å². The van der Waals surface area contributed by atoms with Crippen molar-refractivity contribution in [2.24, 2.45) is 0 Å². The Kier molecular flexibility index (Phi) is 5.69. The normalized spacial score (nSPS) is 10.3. The highest BCUT2D eigenvalue weighted by atomic mass is 19.1. The molecule has 8 heteroatoms. The molecule has 0 radical (unpaired) electrons. The number of halogens is 2. The maximum absolute atomic E-state index is 13.7. The van der Waals surface area contributed by atoms with Gasteiger partial charge in [0.05, 0.1) is 14.2 Å². The zero-order valence-electron chi connectivity index (χ0n) is 15.1. The van der Waals surface area contributed by atoms with Crippen LogP contribution in [0.1, 0.15) is 10.4 Å². The Bertz CT molecular complexity index is 991. The summed E-state index contributed by atoms with van der Waals surface area (Å²) in [5, 5.41) is 5.28. The number of para-hydroxylation sites is 1. The number of anilines is 3. The van der Waals surface area contributed by atoms with E-state index in [1.165, 1.54) is 38.6 Å². The van der Waals surface area contributed by atoms with Gasteiger partial charge in [0.1, 0.15) is 23.1 Å². The topological polar surface area (TPSA) is 72.5 Å². The predicted molar refractivity (Wildman–Crippen MR) is 101 cm³/mol. The fraction of sp³-hybridized carbons (Fsp3) is 0.100. The zero-order chi connectivity index (χ0) is 20.1. The minimum absolute atomic E-state index is 0.181. The number of methoxy groups -OCH3 is 2. The summed E-state index contributed by atoms with van der Waals surface area (Å²) in [4.78, 5) is 16.5. The molecule has 1 aromatic heterocycles. The molecule has 1 amide bonds. The lowest BCUT2D eigenvalue weighted by Crippen LogP contribution is -2.14. The molecule has 2 aromatic carbocycles. The number of rotatable bonds is 6. The first kappa shape index (κ1) is 19.1. The second-order valence-electron chi connectivity index (χ2n) is 5.68. The number of hydrogen-bond donors (Lipinski definition) is 2. The van der Waals surface area contributed by atoms with Gasteiger partial charge in [0.25, 0.3) is 5.91 Å². The molecule has 0 bridgehead atoms. The Balaban J connectivity index is 1.80. The Labute approximate surface area is 160 Å². The SMILES string of the molecule is COc1ccc(Nc2cc(C(=O)Nc3c(F)cccc3F)ccn2)cc1OC. The lowest BCUT2D eigenvalue weighted by molar-refractivity contribution is 0.102. The summed E-state index contributed by atoms with van der Waals surface area (Å²) in [6.07, 6.45) is 1.41. The molecule has 1 heterocycles. The average molecular weight is 385 g/mol. The zero-order valence-corrected chi connectivity index (χ0v) is 15.1. The van der Waals surface area contributed by atoms with Crippen molar-refractivity contribution in [2.45, 2.75) is 0 Å². The summed E-state index contributed by atoms with van der Waals surface area (Å²) in [5.74, 6) is -0.912. The van der Waals surface area contributed by atoms with E-state index in [1.807, 2.05) is 0 Å². The molecule has 2 N–H and O–H groups in total. The number of ether oxygens (including phenoxy) is 2. The molecule has 0 saturated heterocycles. The van der Waals surface area contributed by atoms with Gasteiger partial charge in [0, 0.05) is 23.5 Å². The molecule has 28 heavy (non-hydrogen) atoms. The second-order valence-corrected chi connectivity index (χ2v) is 5.68. The van der Waals surface area contributed by atoms with Gasteiger partial charge >= 0.3 is 0 Å². The van der Waals surface area contributed by atoms with Gasteiger partial charge in [-0.3, -0.25) is 4.79 Å². The van der Waals surface area contributed by atoms with Crippen molar-refractivity contribution in [3.05, 3.63) is 71.9 Å². The third-order valence-electron chi connectivity index (χ3n) is 3.88. The van der Waals surface area contributed by atoms with Crippen LogP contribution in [0, 0.1) is 11.6 Å². The highest BCUT2D eigenvalue weighted by molar-refractivity contribution is 6.04. The Morgan fingerprint density at radius 2 is 1.68 bits per heavy atom. The van der Waals surface area contributed by atoms with Gasteiger partial charge in [0.2, 0.25) is 0 Å². The number of hydrogen-bond acceptors (Lipinski definition) is 5. The fourth-order valence-electron chi connectivity index (χ4n) is 2.50. The van der Waals surface area contributed by atoms with Crippen molar-refractivity contribution in [1.82, 2.24) is 4.98 Å². The number of carbonyl (C=O) groups excluding carboxylic acids is 1. The van der Waals surface area contributed by atoms with Crippen LogP contribution in [0.2, 0.25) is 0 Å². The van der Waals surface area contributed by atoms with Crippen LogP contribution in [0.15, 0.2) is 54.7 Å². The summed E-state index contributed by atoms with van der Waals surface area (Å²) in [6, 6.07) is 11.4. The van der Waals surface area contributed by atoms with Gasteiger partial charge in [-0.2, -0.15) is 0 Å². The van der Waals surface area contributed by atoms with E-state index in [9.17, 15) is 13.6 Å². The molecule has 3 aromatic rings. The predicted octanol–water partition coefficient (Wildman–Crippen LogP) is 4.37. The largest absolute Gasteiger partial charge is 0.493 e. The molecule has 144 valence electrons. The first-order chi connectivity index (χ1) is 13.5. The minimum Gasteiger partial charge on any atom is -0.493 e. The van der Waals surface area contributed by atoms with Crippen LogP contribution in [0.3, 0.4) is 0 Å². The second kappa shape index (κ2) is 8.34. The molecule has 0 atom stereocenters. The lowest BCUT2D eigenvalue weighted by atomic mass is 10.2. The molecular formula is C20H17F2N3O3. The van der Waals surface area contributed by atoms with E-state index in [2.05, 4.69) is 15.6 Å². The molecule has 0 aliphatic heterocycles. The number of nitrogens with zero attached hydrogens (tertiary/aromatic N) is 1. The molecule has 0 aliphatic carbocycles. The van der Waals surface area contributed by atoms with Crippen LogP contribution in [0.5, 0.6) is 11.5 Å². The molecule has 0 spiro atoms. The lowest BCUT2D eigenvalue weighted by Gasteiger charge is -2.12. The summed E-state index contributed by atoms with van der Waals surface area (Å²) in [5.41, 5.74) is 0.335. The van der Waals surface area contributed by atoms with Gasteiger partial charge in [0.15, 0.2) is 11.5 Å². The number of carbonyl (C=O) groups is 1. The van der Waals surface area contributed by atoms with E-state index in [4.69, 9.17) is 9.47 Å². The Morgan fingerprint density at radius 1 is 0.964 bits per heavy atom. The van der Waals surface area contributed by atoms with Gasteiger partial charge in [-0.15, -0.1) is 0 Å². The number of nitrogens with one attached hydrogen (secondary N) is 2. The van der Waals surface area contributed by atoms with Crippen LogP contribution in [0.25, 0.3) is 0 Å². The summed E-state index contributed by atoms with van der Waals surface area (Å²) in [7, 11) is 3.06. The van der Waals surface area contributed by atoms with Crippen molar-refractivity contribution in [3.8, 4) is 11.5 Å². The standard InChI is InChI=1S/C20H17F2N3O3/c1-27-16-7-6-13(11-17(16)28-2)24-18-10-12(8-9-23-18)20(26)25-19-14(21)4-3-5-15(19)22/h3-11H,1-2H3,(H,23,24)(H,25,26). The maximum Gasteiger partial charge on any atom is 0.256 e. The quantitative estimate of drug-likeness (QED) is 0.659. The Hall–Kier alpha value is -3.68. The van der Waals surface area contributed by atoms with Crippen molar-refractivity contribution in [3.63, 3.8) is 0 Å². The third kappa shape index (κ3) is 4.17. The molecule has 0 fully saturated rings. The van der Waals surface area contributed by atoms with Gasteiger partial charge < -0.3 is 20.1 Å². The third-order valence-corrected chi connectivity index (χ3v) is 3.88. The highest BCUT2D eigenvalue weighted by Crippen LogP contribution is 2.31. The van der Waals surface area contributed by atoms with Crippen molar-refractivity contribution in [1.29, 1.82) is 0 Å². The van der Waals surface area contributed by atoms with Crippen LogP contribution in [-0.4, -0.2) is 25.1 Å². The number of amides is 1. The van der Waals surface area contributed by atoms with Gasteiger partial charge in [-0.1, -0.05) is 6.07 Å². The highest BCUT2D eigenvalue weighted by Gasteiger charge is 2.14. The molecule has 6 nitrogen and oxygen atoms in total. The molecule has 3 rings (SSSR count). The maximum atomic E-state index is 13.7. The van der Waals surface area contributed by atoms with Crippen molar-refractivity contribution in [2.75, 3.05) is 24.9 Å². The molecular weight excluding hydrogens is 368 g/mol. The number of pyridine rings is 1. The van der Waals surface area contributed by atoms with Crippen LogP contribution < -0.4 is 20.1 Å². The first-order valence-electron chi connectivity index (χ1n) is 8.22. The van der Waals surface area contributed by atoms with E-state index in [0.717, 1.165) is 12.1 Å². The first-order valence-corrected chi connectivity index (χ1v) is 8.22. The van der Waals surface area contributed by atoms with Crippen LogP contribution in [0.4, 0.5) is 26.0 Å². The van der Waals surface area contributed by atoms with E-state index >= 15 is 0 Å².